The zero-order valence-corrected chi connectivity index (χ0v) is 16.7. The van der Waals surface area contributed by atoms with Gasteiger partial charge in [-0.1, -0.05) is 37.1 Å². The molecule has 2 aliphatic heterocycles. The van der Waals surface area contributed by atoms with Crippen molar-refractivity contribution in [1.29, 1.82) is 0 Å². The molecular formula is C19H26BN3O2S. The van der Waals surface area contributed by atoms with Crippen LogP contribution in [0.3, 0.4) is 0 Å². The van der Waals surface area contributed by atoms with Gasteiger partial charge in [0.1, 0.15) is 5.82 Å². The molecule has 0 amide bonds. The molecule has 0 radical (unpaired) electrons. The summed E-state index contributed by atoms with van der Waals surface area (Å²) in [6.07, 6.45) is 4.16. The lowest BCUT2D eigenvalue weighted by molar-refractivity contribution is 0.00578. The smallest absolute Gasteiger partial charge is 0.399 e. The Hall–Kier alpha value is -1.28. The minimum Gasteiger partial charge on any atom is -0.399 e. The Labute approximate surface area is 161 Å². The van der Waals surface area contributed by atoms with Crippen LogP contribution in [0.2, 0.25) is 0 Å². The van der Waals surface area contributed by atoms with Gasteiger partial charge in [0.25, 0.3) is 0 Å². The van der Waals surface area contributed by atoms with Gasteiger partial charge in [0, 0.05) is 6.54 Å². The average molecular weight is 371 g/mol. The molecule has 5 nitrogen and oxygen atoms in total. The fourth-order valence-electron chi connectivity index (χ4n) is 3.48. The SMILES string of the molecule is CC1(C)OB(c2ccc(-c3cnc(C4CCCN4S)[nH]3)cc2)OC1(C)C. The van der Waals surface area contributed by atoms with Gasteiger partial charge in [-0.2, -0.15) is 0 Å². The fraction of sp³-hybridized carbons (Fsp3) is 0.526. The number of imidazole rings is 1. The largest absolute Gasteiger partial charge is 0.494 e. The van der Waals surface area contributed by atoms with Gasteiger partial charge in [-0.25, -0.2) is 9.29 Å². The number of benzene rings is 1. The van der Waals surface area contributed by atoms with Crippen LogP contribution in [-0.2, 0) is 9.31 Å². The molecule has 0 bridgehead atoms. The van der Waals surface area contributed by atoms with E-state index in [1.165, 1.54) is 0 Å². The highest BCUT2D eigenvalue weighted by Gasteiger charge is 2.51. The average Bonchev–Trinajstić information content (AvgIpc) is 3.26. The number of aromatic nitrogens is 2. The zero-order valence-electron chi connectivity index (χ0n) is 15.8. The van der Waals surface area contributed by atoms with Gasteiger partial charge < -0.3 is 14.3 Å². The van der Waals surface area contributed by atoms with Crippen molar-refractivity contribution >= 4 is 25.4 Å². The maximum Gasteiger partial charge on any atom is 0.494 e. The third-order valence-corrected chi connectivity index (χ3v) is 6.36. The highest BCUT2D eigenvalue weighted by Crippen LogP contribution is 2.36. The summed E-state index contributed by atoms with van der Waals surface area (Å²) < 4.78 is 14.3. The Kier molecular flexibility index (Phi) is 4.46. The third-order valence-electron chi connectivity index (χ3n) is 5.88. The van der Waals surface area contributed by atoms with E-state index in [1.807, 2.05) is 6.20 Å². The van der Waals surface area contributed by atoms with E-state index in [9.17, 15) is 0 Å². The van der Waals surface area contributed by atoms with Crippen LogP contribution < -0.4 is 5.46 Å². The quantitative estimate of drug-likeness (QED) is 0.642. The molecule has 26 heavy (non-hydrogen) atoms. The molecule has 1 atom stereocenters. The van der Waals surface area contributed by atoms with Crippen molar-refractivity contribution in [3.63, 3.8) is 0 Å². The molecule has 2 aliphatic rings. The zero-order chi connectivity index (χ0) is 18.5. The number of nitrogens with zero attached hydrogens (tertiary/aromatic N) is 2. The first-order chi connectivity index (χ1) is 12.3. The molecule has 0 saturated carbocycles. The summed E-state index contributed by atoms with van der Waals surface area (Å²) >= 11 is 4.53. The van der Waals surface area contributed by atoms with Crippen molar-refractivity contribution < 1.29 is 9.31 Å². The van der Waals surface area contributed by atoms with Crippen LogP contribution in [0.1, 0.15) is 52.4 Å². The number of thiol groups is 1. The third kappa shape index (κ3) is 3.11. The lowest BCUT2D eigenvalue weighted by atomic mass is 9.79. The summed E-state index contributed by atoms with van der Waals surface area (Å²) in [5.41, 5.74) is 2.51. The minimum atomic E-state index is -0.331. The van der Waals surface area contributed by atoms with Crippen LogP contribution in [0, 0.1) is 0 Å². The number of H-pyrrole nitrogens is 1. The molecule has 1 N–H and O–H groups in total. The molecule has 2 fully saturated rings. The van der Waals surface area contributed by atoms with E-state index in [4.69, 9.17) is 9.31 Å². The van der Waals surface area contributed by atoms with Crippen molar-refractivity contribution in [2.24, 2.45) is 0 Å². The minimum absolute atomic E-state index is 0.274. The second kappa shape index (κ2) is 6.41. The summed E-state index contributed by atoms with van der Waals surface area (Å²) in [5.74, 6) is 0.988. The van der Waals surface area contributed by atoms with Gasteiger partial charge in [-0.15, -0.1) is 0 Å². The highest BCUT2D eigenvalue weighted by molar-refractivity contribution is 7.77. The molecular weight excluding hydrogens is 345 g/mol. The second-order valence-corrected chi connectivity index (χ2v) is 8.73. The summed E-state index contributed by atoms with van der Waals surface area (Å²) in [4.78, 5) is 8.02. The predicted molar refractivity (Wildman–Crippen MR) is 107 cm³/mol. The van der Waals surface area contributed by atoms with E-state index in [0.717, 1.165) is 41.9 Å². The molecule has 7 heteroatoms. The Morgan fingerprint density at radius 3 is 2.38 bits per heavy atom. The fourth-order valence-corrected chi connectivity index (χ4v) is 3.85. The van der Waals surface area contributed by atoms with Crippen molar-refractivity contribution in [2.45, 2.75) is 57.8 Å². The number of rotatable bonds is 3. The lowest BCUT2D eigenvalue weighted by Gasteiger charge is -2.32. The Bertz CT molecular complexity index is 774. The predicted octanol–water partition coefficient (Wildman–Crippen LogP) is 3.36. The summed E-state index contributed by atoms with van der Waals surface area (Å²) in [6, 6.07) is 8.59. The maximum absolute atomic E-state index is 6.12. The van der Waals surface area contributed by atoms with Crippen molar-refractivity contribution in [3.8, 4) is 11.3 Å². The van der Waals surface area contributed by atoms with Crippen LogP contribution in [0.5, 0.6) is 0 Å². The molecule has 0 spiro atoms. The summed E-state index contributed by atoms with van der Waals surface area (Å²) in [6.45, 7) is 9.29. The van der Waals surface area contributed by atoms with E-state index in [0.29, 0.717) is 0 Å². The van der Waals surface area contributed by atoms with Crippen molar-refractivity contribution in [1.82, 2.24) is 14.3 Å². The molecule has 138 valence electrons. The van der Waals surface area contributed by atoms with Crippen LogP contribution >= 0.6 is 12.8 Å². The monoisotopic (exact) mass is 371 g/mol. The number of aromatic amines is 1. The van der Waals surface area contributed by atoms with Crippen LogP contribution in [-0.4, -0.2) is 39.1 Å². The molecule has 1 aromatic carbocycles. The molecule has 4 rings (SSSR count). The van der Waals surface area contributed by atoms with Gasteiger partial charge in [-0.3, -0.25) is 0 Å². The van der Waals surface area contributed by atoms with E-state index < -0.39 is 0 Å². The number of hydrogen-bond donors (Lipinski definition) is 2. The van der Waals surface area contributed by atoms with E-state index in [-0.39, 0.29) is 24.4 Å². The molecule has 0 aliphatic carbocycles. The first-order valence-corrected chi connectivity index (χ1v) is 9.63. The van der Waals surface area contributed by atoms with E-state index in [1.54, 1.807) is 0 Å². The first-order valence-electron chi connectivity index (χ1n) is 9.23. The van der Waals surface area contributed by atoms with Crippen molar-refractivity contribution in [3.05, 3.63) is 36.3 Å². The molecule has 3 heterocycles. The topological polar surface area (TPSA) is 50.4 Å². The molecule has 2 saturated heterocycles. The Morgan fingerprint density at radius 2 is 1.81 bits per heavy atom. The lowest BCUT2D eigenvalue weighted by Crippen LogP contribution is -2.41. The summed E-state index contributed by atoms with van der Waals surface area (Å²) in [5, 5.41) is 0. The standard InChI is InChI=1S/C19H26BN3O2S/c1-18(2)19(3,4)25-20(24-18)14-9-7-13(8-10-14)15-12-21-17(22-15)16-6-5-11-23(16)26/h7-10,12,16,26H,5-6,11H2,1-4H3,(H,21,22). The molecule has 2 aromatic rings. The number of nitrogens with one attached hydrogen (secondary N) is 1. The normalized spacial score (nSPS) is 25.1. The first kappa shape index (κ1) is 18.1. The summed E-state index contributed by atoms with van der Waals surface area (Å²) in [7, 11) is -0.331. The second-order valence-electron chi connectivity index (χ2n) is 8.21. The Morgan fingerprint density at radius 1 is 1.15 bits per heavy atom. The molecule has 1 aromatic heterocycles. The van der Waals surface area contributed by atoms with Crippen LogP contribution in [0.4, 0.5) is 0 Å². The number of hydrogen-bond acceptors (Lipinski definition) is 5. The van der Waals surface area contributed by atoms with Gasteiger partial charge in [0.05, 0.1) is 29.1 Å². The highest BCUT2D eigenvalue weighted by atomic mass is 32.1. The van der Waals surface area contributed by atoms with Crippen LogP contribution in [0.25, 0.3) is 11.3 Å². The van der Waals surface area contributed by atoms with Gasteiger partial charge in [0.2, 0.25) is 0 Å². The maximum atomic E-state index is 6.12. The van der Waals surface area contributed by atoms with Gasteiger partial charge in [0.15, 0.2) is 0 Å². The van der Waals surface area contributed by atoms with Crippen molar-refractivity contribution in [2.75, 3.05) is 6.54 Å². The Balaban J connectivity index is 1.51. The van der Waals surface area contributed by atoms with Gasteiger partial charge >= 0.3 is 7.12 Å². The molecule has 1 unspecified atom stereocenters. The van der Waals surface area contributed by atoms with Crippen LogP contribution in [0.15, 0.2) is 30.5 Å². The van der Waals surface area contributed by atoms with Gasteiger partial charge in [-0.05, 0) is 51.6 Å². The van der Waals surface area contributed by atoms with E-state index >= 15 is 0 Å². The van der Waals surface area contributed by atoms with E-state index in [2.05, 4.69) is 79.0 Å².